The molecule has 0 spiro atoms. The lowest BCUT2D eigenvalue weighted by Crippen LogP contribution is -2.36. The molecule has 1 aliphatic heterocycles. The third-order valence-electron chi connectivity index (χ3n) is 3.89. The normalized spacial score (nSPS) is 16.2. The molecule has 0 saturated carbocycles. The molecule has 1 unspecified atom stereocenters. The van der Waals surface area contributed by atoms with Crippen molar-refractivity contribution in [1.82, 2.24) is 9.97 Å². The molecule has 23 heavy (non-hydrogen) atoms. The quantitative estimate of drug-likeness (QED) is 0.942. The van der Waals surface area contributed by atoms with Crippen molar-refractivity contribution in [1.29, 1.82) is 0 Å². The van der Waals surface area contributed by atoms with E-state index in [2.05, 4.69) is 15.3 Å². The lowest BCUT2D eigenvalue weighted by molar-refractivity contribution is -0.123. The molecular weight excluding hydrogens is 294 g/mol. The second-order valence-corrected chi connectivity index (χ2v) is 5.50. The molecule has 1 aromatic carbocycles. The van der Waals surface area contributed by atoms with Crippen LogP contribution in [-0.4, -0.2) is 29.1 Å². The summed E-state index contributed by atoms with van der Waals surface area (Å²) in [5.41, 5.74) is 3.08. The van der Waals surface area contributed by atoms with Gasteiger partial charge in [-0.1, -0.05) is 18.2 Å². The van der Waals surface area contributed by atoms with E-state index in [9.17, 15) is 4.79 Å². The number of amides is 1. The number of anilines is 1. The lowest BCUT2D eigenvalue weighted by Gasteiger charge is -2.25. The van der Waals surface area contributed by atoms with E-state index < -0.39 is 6.10 Å². The Bertz CT molecular complexity index is 723. The summed E-state index contributed by atoms with van der Waals surface area (Å²) in [7, 11) is 1.51. The number of para-hydroxylation sites is 1. The Morgan fingerprint density at radius 1 is 1.26 bits per heavy atom. The molecule has 2 heterocycles. The number of benzene rings is 1. The molecular formula is C17H19N3O3. The molecule has 120 valence electrons. The van der Waals surface area contributed by atoms with Gasteiger partial charge >= 0.3 is 6.01 Å². The first kappa shape index (κ1) is 15.3. The number of ether oxygens (including phenoxy) is 2. The number of aromatic nitrogens is 2. The highest BCUT2D eigenvalue weighted by Crippen LogP contribution is 2.28. The van der Waals surface area contributed by atoms with Gasteiger partial charge < -0.3 is 14.8 Å². The number of carbonyl (C=O) groups excluding carboxylic acids is 1. The van der Waals surface area contributed by atoms with Gasteiger partial charge in [0.05, 0.1) is 24.2 Å². The first-order chi connectivity index (χ1) is 11.1. The van der Waals surface area contributed by atoms with Crippen molar-refractivity contribution < 1.29 is 14.3 Å². The van der Waals surface area contributed by atoms with Crippen LogP contribution in [0.1, 0.15) is 23.4 Å². The van der Waals surface area contributed by atoms with Crippen LogP contribution in [0, 0.1) is 13.8 Å². The summed E-state index contributed by atoms with van der Waals surface area (Å²) in [5.74, 6) is 0.595. The molecule has 1 aliphatic rings. The number of nitrogens with one attached hydrogen (secondary N) is 1. The van der Waals surface area contributed by atoms with Crippen LogP contribution >= 0.6 is 0 Å². The number of carbonyl (C=O) groups is 1. The minimum absolute atomic E-state index is 0.181. The fourth-order valence-corrected chi connectivity index (χ4v) is 2.67. The van der Waals surface area contributed by atoms with Gasteiger partial charge in [-0.3, -0.25) is 4.79 Å². The van der Waals surface area contributed by atoms with Gasteiger partial charge in [0, 0.05) is 0 Å². The molecule has 0 fully saturated rings. The predicted molar refractivity (Wildman–Crippen MR) is 85.9 cm³/mol. The maximum atomic E-state index is 12.5. The number of hydrogen-bond donors (Lipinski definition) is 1. The van der Waals surface area contributed by atoms with Crippen LogP contribution in [0.4, 0.5) is 5.69 Å². The summed E-state index contributed by atoms with van der Waals surface area (Å²) in [5, 5.41) is 2.89. The Kier molecular flexibility index (Phi) is 4.14. The molecule has 0 radical (unpaired) electrons. The van der Waals surface area contributed by atoms with Gasteiger partial charge in [-0.05, 0) is 38.3 Å². The molecule has 1 N–H and O–H groups in total. The molecule has 0 saturated heterocycles. The molecule has 6 heteroatoms. The summed E-state index contributed by atoms with van der Waals surface area (Å²) in [6.07, 6.45) is 0.967. The van der Waals surface area contributed by atoms with Crippen molar-refractivity contribution in [2.24, 2.45) is 0 Å². The highest BCUT2D eigenvalue weighted by atomic mass is 16.5. The number of fused-ring (bicyclic) bond motifs is 1. The van der Waals surface area contributed by atoms with Crippen LogP contribution in [0.15, 0.2) is 24.3 Å². The van der Waals surface area contributed by atoms with Gasteiger partial charge in [0.15, 0.2) is 6.10 Å². The molecule has 2 aromatic rings. The molecule has 6 nitrogen and oxygen atoms in total. The average Bonchev–Trinajstić information content (AvgIpc) is 2.57. The Labute approximate surface area is 134 Å². The standard InChI is InChI=1S/C17H19N3O3/c1-10-15(11(2)19-17(18-10)22-3)20-16(21)14-9-8-12-6-4-5-7-13(12)23-14/h4-7,14H,8-9H2,1-3H3,(H,20,21). The van der Waals surface area contributed by atoms with Gasteiger partial charge in [-0.15, -0.1) is 0 Å². The predicted octanol–water partition coefficient (Wildman–Crippen LogP) is 2.43. The third-order valence-corrected chi connectivity index (χ3v) is 3.89. The second-order valence-electron chi connectivity index (χ2n) is 5.50. The number of hydrogen-bond acceptors (Lipinski definition) is 5. The maximum absolute atomic E-state index is 12.5. The van der Waals surface area contributed by atoms with E-state index in [1.165, 1.54) is 7.11 Å². The van der Waals surface area contributed by atoms with Gasteiger partial charge in [0.2, 0.25) is 0 Å². The van der Waals surface area contributed by atoms with Crippen LogP contribution < -0.4 is 14.8 Å². The molecule has 3 rings (SSSR count). The number of aryl methyl sites for hydroxylation is 3. The topological polar surface area (TPSA) is 73.3 Å². The minimum Gasteiger partial charge on any atom is -0.480 e. The van der Waals surface area contributed by atoms with Crippen LogP contribution in [0.25, 0.3) is 0 Å². The van der Waals surface area contributed by atoms with Gasteiger partial charge in [-0.25, -0.2) is 0 Å². The molecule has 1 amide bonds. The van der Waals surface area contributed by atoms with Crippen LogP contribution in [0.3, 0.4) is 0 Å². The zero-order valence-electron chi connectivity index (χ0n) is 13.4. The van der Waals surface area contributed by atoms with E-state index in [4.69, 9.17) is 9.47 Å². The van der Waals surface area contributed by atoms with Crippen molar-refractivity contribution in [3.05, 3.63) is 41.2 Å². The molecule has 1 aromatic heterocycles. The summed E-state index contributed by atoms with van der Waals surface area (Å²) < 4.78 is 10.8. The van der Waals surface area contributed by atoms with Gasteiger partial charge in [-0.2, -0.15) is 9.97 Å². The smallest absolute Gasteiger partial charge is 0.316 e. The van der Waals surface area contributed by atoms with E-state index in [0.29, 0.717) is 29.5 Å². The number of methoxy groups -OCH3 is 1. The van der Waals surface area contributed by atoms with E-state index in [1.807, 2.05) is 38.1 Å². The Morgan fingerprint density at radius 2 is 1.96 bits per heavy atom. The minimum atomic E-state index is -0.509. The summed E-state index contributed by atoms with van der Waals surface area (Å²) in [4.78, 5) is 20.9. The van der Waals surface area contributed by atoms with Crippen LogP contribution in [0.5, 0.6) is 11.8 Å². The average molecular weight is 313 g/mol. The molecule has 0 aliphatic carbocycles. The summed E-state index contributed by atoms with van der Waals surface area (Å²) >= 11 is 0. The van der Waals surface area contributed by atoms with E-state index >= 15 is 0 Å². The van der Waals surface area contributed by atoms with Crippen molar-refractivity contribution >= 4 is 11.6 Å². The van der Waals surface area contributed by atoms with Crippen LogP contribution in [-0.2, 0) is 11.2 Å². The summed E-state index contributed by atoms with van der Waals surface area (Å²) in [6, 6.07) is 8.09. The second kappa shape index (κ2) is 6.24. The first-order valence-corrected chi connectivity index (χ1v) is 7.53. The number of rotatable bonds is 3. The summed E-state index contributed by atoms with van der Waals surface area (Å²) in [6.45, 7) is 3.62. The molecule has 0 bridgehead atoms. The Morgan fingerprint density at radius 3 is 2.65 bits per heavy atom. The van der Waals surface area contributed by atoms with Crippen LogP contribution in [0.2, 0.25) is 0 Å². The largest absolute Gasteiger partial charge is 0.480 e. The zero-order chi connectivity index (χ0) is 16.4. The van der Waals surface area contributed by atoms with E-state index in [1.54, 1.807) is 0 Å². The fraction of sp³-hybridized carbons (Fsp3) is 0.353. The van der Waals surface area contributed by atoms with Gasteiger partial charge in [0.25, 0.3) is 5.91 Å². The first-order valence-electron chi connectivity index (χ1n) is 7.53. The van der Waals surface area contributed by atoms with Crippen molar-refractivity contribution in [3.8, 4) is 11.8 Å². The van der Waals surface area contributed by atoms with Crippen molar-refractivity contribution in [3.63, 3.8) is 0 Å². The maximum Gasteiger partial charge on any atom is 0.316 e. The molecule has 1 atom stereocenters. The van der Waals surface area contributed by atoms with E-state index in [-0.39, 0.29) is 5.91 Å². The lowest BCUT2D eigenvalue weighted by atomic mass is 10.0. The van der Waals surface area contributed by atoms with E-state index in [0.717, 1.165) is 17.7 Å². The Hall–Kier alpha value is -2.63. The zero-order valence-corrected chi connectivity index (χ0v) is 13.4. The van der Waals surface area contributed by atoms with Gasteiger partial charge in [0.1, 0.15) is 5.75 Å². The van der Waals surface area contributed by atoms with Crippen molar-refractivity contribution in [2.45, 2.75) is 32.8 Å². The highest BCUT2D eigenvalue weighted by Gasteiger charge is 2.27. The number of nitrogens with zero attached hydrogens (tertiary/aromatic N) is 2. The third kappa shape index (κ3) is 3.11. The van der Waals surface area contributed by atoms with Crippen molar-refractivity contribution in [2.75, 3.05) is 12.4 Å². The monoisotopic (exact) mass is 313 g/mol. The SMILES string of the molecule is COc1nc(C)c(NC(=O)C2CCc3ccccc3O2)c(C)n1. The fourth-order valence-electron chi connectivity index (χ4n) is 2.67. The highest BCUT2D eigenvalue weighted by molar-refractivity contribution is 5.95. The Balaban J connectivity index is 1.76.